The van der Waals surface area contributed by atoms with Crippen LogP contribution in [0.3, 0.4) is 0 Å². The lowest BCUT2D eigenvalue weighted by Gasteiger charge is -2.20. The van der Waals surface area contributed by atoms with Crippen molar-refractivity contribution < 1.29 is 4.79 Å². The predicted molar refractivity (Wildman–Crippen MR) is 110 cm³/mol. The molecule has 2 aromatic carbocycles. The Morgan fingerprint density at radius 2 is 2.07 bits per heavy atom. The molecule has 0 aromatic heterocycles. The summed E-state index contributed by atoms with van der Waals surface area (Å²) in [5, 5.41) is 7.53. The van der Waals surface area contributed by atoms with Gasteiger partial charge in [0.25, 0.3) is 0 Å². The monoisotopic (exact) mass is 385 g/mol. The van der Waals surface area contributed by atoms with Gasteiger partial charge in [-0.05, 0) is 42.3 Å². The number of nitrogens with two attached hydrogens (primary N) is 1. The summed E-state index contributed by atoms with van der Waals surface area (Å²) in [5.41, 5.74) is 7.97. The number of hydrogen-bond donors (Lipinski definition) is 3. The number of anilines is 1. The van der Waals surface area contributed by atoms with Crippen LogP contribution in [-0.2, 0) is 6.54 Å². The SMILES string of the molecule is CN=C(NCc1ccc(C(N)=O)cc1)NC1CCN(c2cccc(Cl)c2)C1. The fourth-order valence-electron chi connectivity index (χ4n) is 3.15. The van der Waals surface area contributed by atoms with Crippen molar-refractivity contribution in [3.05, 3.63) is 64.7 Å². The first-order valence-electron chi connectivity index (χ1n) is 8.91. The number of primary amides is 1. The number of rotatable bonds is 5. The summed E-state index contributed by atoms with van der Waals surface area (Å²) < 4.78 is 0. The quantitative estimate of drug-likeness (QED) is 0.545. The second-order valence-corrected chi connectivity index (χ2v) is 6.98. The van der Waals surface area contributed by atoms with Crippen LogP contribution in [0.15, 0.2) is 53.5 Å². The first kappa shape index (κ1) is 19.0. The fourth-order valence-corrected chi connectivity index (χ4v) is 3.33. The Labute approximate surface area is 164 Å². The van der Waals surface area contributed by atoms with Gasteiger partial charge in [-0.15, -0.1) is 0 Å². The zero-order valence-electron chi connectivity index (χ0n) is 15.3. The molecule has 0 saturated carbocycles. The van der Waals surface area contributed by atoms with E-state index in [1.807, 2.05) is 30.3 Å². The van der Waals surface area contributed by atoms with Gasteiger partial charge in [-0.2, -0.15) is 0 Å². The molecule has 0 bridgehead atoms. The Bertz CT molecular complexity index is 821. The van der Waals surface area contributed by atoms with E-state index >= 15 is 0 Å². The summed E-state index contributed by atoms with van der Waals surface area (Å²) in [6, 6.07) is 15.5. The molecule has 1 atom stereocenters. The number of nitrogens with zero attached hydrogens (tertiary/aromatic N) is 2. The van der Waals surface area contributed by atoms with E-state index in [9.17, 15) is 4.79 Å². The molecule has 6 nitrogen and oxygen atoms in total. The van der Waals surface area contributed by atoms with Crippen LogP contribution in [0.4, 0.5) is 5.69 Å². The van der Waals surface area contributed by atoms with Gasteiger partial charge in [-0.25, -0.2) is 0 Å². The van der Waals surface area contributed by atoms with Crippen LogP contribution in [0.25, 0.3) is 0 Å². The van der Waals surface area contributed by atoms with Crippen LogP contribution in [0.2, 0.25) is 5.02 Å². The number of hydrogen-bond acceptors (Lipinski definition) is 3. The Hall–Kier alpha value is -2.73. The van der Waals surface area contributed by atoms with Gasteiger partial charge >= 0.3 is 0 Å². The summed E-state index contributed by atoms with van der Waals surface area (Å²) in [5.74, 6) is 0.337. The number of aliphatic imine (C=N–C) groups is 1. The van der Waals surface area contributed by atoms with Crippen molar-refractivity contribution in [3.63, 3.8) is 0 Å². The van der Waals surface area contributed by atoms with E-state index in [2.05, 4.69) is 26.6 Å². The van der Waals surface area contributed by atoms with Crippen LogP contribution >= 0.6 is 11.6 Å². The molecule has 1 heterocycles. The summed E-state index contributed by atoms with van der Waals surface area (Å²) in [7, 11) is 1.76. The van der Waals surface area contributed by atoms with Crippen molar-refractivity contribution in [1.82, 2.24) is 10.6 Å². The molecule has 2 aromatic rings. The Kier molecular flexibility index (Phi) is 6.19. The molecule has 0 spiro atoms. The maximum absolute atomic E-state index is 11.1. The molecule has 1 aliphatic rings. The van der Waals surface area contributed by atoms with Crippen molar-refractivity contribution in [1.29, 1.82) is 0 Å². The lowest BCUT2D eigenvalue weighted by molar-refractivity contribution is 0.100. The maximum Gasteiger partial charge on any atom is 0.248 e. The van der Waals surface area contributed by atoms with E-state index in [4.69, 9.17) is 17.3 Å². The highest BCUT2D eigenvalue weighted by molar-refractivity contribution is 6.30. The summed E-state index contributed by atoms with van der Waals surface area (Å²) in [6.07, 6.45) is 1.03. The molecule has 0 radical (unpaired) electrons. The normalized spacial score (nSPS) is 17.0. The zero-order valence-corrected chi connectivity index (χ0v) is 16.0. The van der Waals surface area contributed by atoms with Crippen LogP contribution < -0.4 is 21.3 Å². The molecule has 3 rings (SSSR count). The molecule has 0 aliphatic carbocycles. The van der Waals surface area contributed by atoms with Crippen molar-refractivity contribution in [2.45, 2.75) is 19.0 Å². The summed E-state index contributed by atoms with van der Waals surface area (Å²) >= 11 is 6.10. The van der Waals surface area contributed by atoms with Gasteiger partial charge in [-0.3, -0.25) is 9.79 Å². The molecule has 1 aliphatic heterocycles. The number of benzene rings is 2. The van der Waals surface area contributed by atoms with Crippen LogP contribution in [-0.4, -0.2) is 38.0 Å². The third kappa shape index (κ3) is 5.14. The van der Waals surface area contributed by atoms with Gasteiger partial charge in [0.05, 0.1) is 0 Å². The molecule has 1 unspecified atom stereocenters. The van der Waals surface area contributed by atoms with E-state index in [1.54, 1.807) is 19.2 Å². The fraction of sp³-hybridized carbons (Fsp3) is 0.300. The maximum atomic E-state index is 11.1. The minimum atomic E-state index is -0.419. The van der Waals surface area contributed by atoms with Gasteiger partial charge in [-0.1, -0.05) is 29.8 Å². The first-order chi connectivity index (χ1) is 13.0. The van der Waals surface area contributed by atoms with Gasteiger partial charge in [0.2, 0.25) is 5.91 Å². The molecule has 1 saturated heterocycles. The number of guanidine groups is 1. The summed E-state index contributed by atoms with van der Waals surface area (Å²) in [4.78, 5) is 17.8. The van der Waals surface area contributed by atoms with Crippen molar-refractivity contribution >= 4 is 29.2 Å². The number of amides is 1. The van der Waals surface area contributed by atoms with Gasteiger partial charge in [0.1, 0.15) is 0 Å². The van der Waals surface area contributed by atoms with Crippen LogP contribution in [0.1, 0.15) is 22.3 Å². The van der Waals surface area contributed by atoms with Crippen molar-refractivity contribution in [2.24, 2.45) is 10.7 Å². The molecule has 4 N–H and O–H groups in total. The topological polar surface area (TPSA) is 82.7 Å². The standard InChI is InChI=1S/C20H24ClN5O/c1-23-20(24-12-14-5-7-15(8-6-14)19(22)27)25-17-9-10-26(13-17)18-4-2-3-16(21)11-18/h2-8,11,17H,9-10,12-13H2,1H3,(H2,22,27)(H2,23,24,25). The number of carbonyl (C=O) groups excluding carboxylic acids is 1. The Morgan fingerprint density at radius 3 is 2.74 bits per heavy atom. The van der Waals surface area contributed by atoms with E-state index in [1.165, 1.54) is 0 Å². The van der Waals surface area contributed by atoms with Gasteiger partial charge in [0.15, 0.2) is 5.96 Å². The summed E-state index contributed by atoms with van der Waals surface area (Å²) in [6.45, 7) is 2.49. The van der Waals surface area contributed by atoms with E-state index in [-0.39, 0.29) is 0 Å². The number of nitrogens with one attached hydrogen (secondary N) is 2. The molecular formula is C20H24ClN5O. The smallest absolute Gasteiger partial charge is 0.248 e. The van der Waals surface area contributed by atoms with E-state index < -0.39 is 5.91 Å². The van der Waals surface area contributed by atoms with Gasteiger partial charge < -0.3 is 21.3 Å². The molecule has 142 valence electrons. The van der Waals surface area contributed by atoms with Crippen LogP contribution in [0, 0.1) is 0 Å². The molecule has 27 heavy (non-hydrogen) atoms. The highest BCUT2D eigenvalue weighted by Gasteiger charge is 2.23. The number of halogens is 1. The highest BCUT2D eigenvalue weighted by Crippen LogP contribution is 2.23. The lowest BCUT2D eigenvalue weighted by Crippen LogP contribution is -2.44. The highest BCUT2D eigenvalue weighted by atomic mass is 35.5. The van der Waals surface area contributed by atoms with Crippen LogP contribution in [0.5, 0.6) is 0 Å². The van der Waals surface area contributed by atoms with E-state index in [0.717, 1.165) is 41.7 Å². The minimum absolute atomic E-state index is 0.312. The third-order valence-electron chi connectivity index (χ3n) is 4.62. The molecular weight excluding hydrogens is 362 g/mol. The van der Waals surface area contributed by atoms with Gasteiger partial charge in [0, 0.05) is 49.0 Å². The average molecular weight is 386 g/mol. The largest absolute Gasteiger partial charge is 0.369 e. The van der Waals surface area contributed by atoms with E-state index in [0.29, 0.717) is 18.2 Å². The van der Waals surface area contributed by atoms with Crippen molar-refractivity contribution in [3.8, 4) is 0 Å². The lowest BCUT2D eigenvalue weighted by atomic mass is 10.1. The average Bonchev–Trinajstić information content (AvgIpc) is 3.14. The predicted octanol–water partition coefficient (Wildman–Crippen LogP) is 2.38. The number of carbonyl (C=O) groups is 1. The second kappa shape index (κ2) is 8.77. The second-order valence-electron chi connectivity index (χ2n) is 6.54. The minimum Gasteiger partial charge on any atom is -0.369 e. The Balaban J connectivity index is 1.51. The molecule has 7 heteroatoms. The first-order valence-corrected chi connectivity index (χ1v) is 9.29. The Morgan fingerprint density at radius 1 is 1.30 bits per heavy atom. The van der Waals surface area contributed by atoms with Crippen molar-refractivity contribution in [2.75, 3.05) is 25.0 Å². The molecule has 1 amide bonds. The third-order valence-corrected chi connectivity index (χ3v) is 4.86. The molecule has 1 fully saturated rings. The zero-order chi connectivity index (χ0) is 19.2.